The highest BCUT2D eigenvalue weighted by Crippen LogP contribution is 2.51. The fraction of sp³-hybridized carbons (Fsp3) is 0.368. The minimum Gasteiger partial charge on any atom is -0.493 e. The normalized spacial score (nSPS) is 13.0. The molecule has 3 rings (SSSR count). The highest BCUT2D eigenvalue weighted by molar-refractivity contribution is 7.86. The second-order valence-corrected chi connectivity index (χ2v) is 7.66. The molecule has 0 aliphatic carbocycles. The van der Waals surface area contributed by atoms with E-state index in [4.69, 9.17) is 27.9 Å². The summed E-state index contributed by atoms with van der Waals surface area (Å²) >= 11 is 0. The van der Waals surface area contributed by atoms with E-state index < -0.39 is 10.1 Å². The lowest BCUT2D eigenvalue weighted by Crippen LogP contribution is -2.10. The van der Waals surface area contributed by atoms with E-state index in [1.165, 1.54) is 28.4 Å². The molecule has 1 aliphatic heterocycles. The summed E-state index contributed by atoms with van der Waals surface area (Å²) in [6.07, 6.45) is 0.978. The summed E-state index contributed by atoms with van der Waals surface area (Å²) in [5.41, 5.74) is 2.76. The van der Waals surface area contributed by atoms with Crippen LogP contribution in [0, 0.1) is 0 Å². The van der Waals surface area contributed by atoms with Crippen molar-refractivity contribution >= 4 is 10.1 Å². The molecule has 0 saturated heterocycles. The van der Waals surface area contributed by atoms with Gasteiger partial charge in [0, 0.05) is 11.1 Å². The molecule has 0 N–H and O–H groups in total. The smallest absolute Gasteiger partial charge is 0.306 e. The quantitative estimate of drug-likeness (QED) is 0.672. The molecule has 0 spiro atoms. The van der Waals surface area contributed by atoms with Gasteiger partial charge in [0.15, 0.2) is 23.0 Å². The number of hydrogen-bond donors (Lipinski definition) is 0. The predicted molar refractivity (Wildman–Crippen MR) is 102 cm³/mol. The molecule has 0 fully saturated rings. The molecule has 1 heterocycles. The van der Waals surface area contributed by atoms with Gasteiger partial charge in [-0.05, 0) is 29.3 Å². The van der Waals surface area contributed by atoms with Gasteiger partial charge in [0.25, 0.3) is 0 Å². The van der Waals surface area contributed by atoms with E-state index in [0.717, 1.165) is 11.8 Å². The van der Waals surface area contributed by atoms with Crippen LogP contribution in [0.5, 0.6) is 28.7 Å². The van der Waals surface area contributed by atoms with Gasteiger partial charge in [0.1, 0.15) is 0 Å². The van der Waals surface area contributed by atoms with Crippen LogP contribution in [0.4, 0.5) is 0 Å². The van der Waals surface area contributed by atoms with E-state index in [1.54, 1.807) is 6.07 Å². The monoisotopic (exact) mass is 410 g/mol. The summed E-state index contributed by atoms with van der Waals surface area (Å²) < 4.78 is 56.5. The fourth-order valence-corrected chi connectivity index (χ4v) is 3.75. The lowest BCUT2D eigenvalue weighted by atomic mass is 9.94. The van der Waals surface area contributed by atoms with Crippen molar-refractivity contribution in [3.8, 4) is 39.9 Å². The lowest BCUT2D eigenvalue weighted by molar-refractivity contribution is 0.108. The summed E-state index contributed by atoms with van der Waals surface area (Å²) in [6, 6.07) is 5.27. The molecule has 8 nitrogen and oxygen atoms in total. The second kappa shape index (κ2) is 7.76. The lowest BCUT2D eigenvalue weighted by Gasteiger charge is -2.20. The van der Waals surface area contributed by atoms with Gasteiger partial charge in [-0.2, -0.15) is 8.42 Å². The molecule has 0 bridgehead atoms. The predicted octanol–water partition coefficient (Wildman–Crippen LogP) is 2.76. The van der Waals surface area contributed by atoms with E-state index >= 15 is 0 Å². The third-order valence-corrected chi connectivity index (χ3v) is 4.83. The van der Waals surface area contributed by atoms with Crippen molar-refractivity contribution in [2.45, 2.75) is 13.2 Å². The van der Waals surface area contributed by atoms with Gasteiger partial charge in [0.05, 0.1) is 47.9 Å². The Balaban J connectivity index is 2.36. The Kier molecular flexibility index (Phi) is 5.57. The Hall–Kier alpha value is -2.65. The summed E-state index contributed by atoms with van der Waals surface area (Å²) in [6.45, 7) is 0.390. The third-order valence-electron chi connectivity index (χ3n) is 4.36. The average Bonchev–Trinajstić information content (AvgIpc) is 2.84. The first-order valence-corrected chi connectivity index (χ1v) is 10.2. The van der Waals surface area contributed by atoms with Gasteiger partial charge >= 0.3 is 10.1 Å². The van der Waals surface area contributed by atoms with Gasteiger partial charge in [-0.15, -0.1) is 0 Å². The van der Waals surface area contributed by atoms with Gasteiger partial charge in [-0.3, -0.25) is 0 Å². The molecular weight excluding hydrogens is 388 g/mol. The van der Waals surface area contributed by atoms with Crippen LogP contribution in [0.3, 0.4) is 0 Å². The highest BCUT2D eigenvalue weighted by atomic mass is 32.2. The van der Waals surface area contributed by atoms with Crippen LogP contribution in [0.1, 0.15) is 11.1 Å². The largest absolute Gasteiger partial charge is 0.493 e. The van der Waals surface area contributed by atoms with Crippen LogP contribution >= 0.6 is 0 Å². The number of hydrogen-bond acceptors (Lipinski definition) is 8. The standard InChI is InChI=1S/C19H22O8S/c1-22-14-7-6-12-13(17(14)27-28(5,20)21)10-26-9-11-8-15(23-2)18(24-3)19(25-4)16(11)12/h6-8H,9-10H2,1-5H3. The fourth-order valence-electron chi connectivity index (χ4n) is 3.27. The number of fused-ring (bicyclic) bond motifs is 3. The van der Waals surface area contributed by atoms with Gasteiger partial charge in [-0.25, -0.2) is 0 Å². The van der Waals surface area contributed by atoms with E-state index in [1.807, 2.05) is 12.1 Å². The van der Waals surface area contributed by atoms with Crippen LogP contribution in [-0.4, -0.2) is 43.1 Å². The first-order valence-electron chi connectivity index (χ1n) is 8.33. The Morgan fingerprint density at radius 1 is 0.857 bits per heavy atom. The Labute approximate surface area is 164 Å². The maximum Gasteiger partial charge on any atom is 0.306 e. The molecule has 2 aromatic carbocycles. The summed E-state index contributed by atoms with van der Waals surface area (Å²) in [4.78, 5) is 0. The molecule has 152 valence electrons. The van der Waals surface area contributed by atoms with Crippen LogP contribution in [-0.2, 0) is 28.1 Å². The van der Waals surface area contributed by atoms with Gasteiger partial charge in [0.2, 0.25) is 5.75 Å². The highest BCUT2D eigenvalue weighted by Gasteiger charge is 2.29. The molecule has 0 atom stereocenters. The molecule has 1 aliphatic rings. The van der Waals surface area contributed by atoms with E-state index in [2.05, 4.69) is 0 Å². The zero-order valence-electron chi connectivity index (χ0n) is 16.3. The minimum atomic E-state index is -3.78. The van der Waals surface area contributed by atoms with E-state index in [0.29, 0.717) is 33.9 Å². The topological polar surface area (TPSA) is 89.5 Å². The molecule has 9 heteroatoms. The molecule has 0 radical (unpaired) electrons. The first-order chi connectivity index (χ1) is 13.3. The average molecular weight is 410 g/mol. The van der Waals surface area contributed by atoms with Gasteiger partial charge in [-0.1, -0.05) is 0 Å². The van der Waals surface area contributed by atoms with Gasteiger partial charge < -0.3 is 27.9 Å². The van der Waals surface area contributed by atoms with Crippen molar-refractivity contribution in [3.63, 3.8) is 0 Å². The SMILES string of the molecule is COc1ccc2c(c1OS(C)(=O)=O)COCc1cc(OC)c(OC)c(OC)c1-2. The number of rotatable bonds is 6. The molecular formula is C19H22O8S. The molecule has 0 amide bonds. The van der Waals surface area contributed by atoms with Crippen LogP contribution < -0.4 is 23.1 Å². The first kappa shape index (κ1) is 20.1. The van der Waals surface area contributed by atoms with Crippen molar-refractivity contribution in [3.05, 3.63) is 29.3 Å². The Morgan fingerprint density at radius 2 is 1.54 bits per heavy atom. The summed E-state index contributed by atoms with van der Waals surface area (Å²) in [5.74, 6) is 1.77. The number of ether oxygens (including phenoxy) is 5. The third kappa shape index (κ3) is 3.55. The maximum absolute atomic E-state index is 11.8. The maximum atomic E-state index is 11.8. The van der Waals surface area contributed by atoms with Crippen LogP contribution in [0.15, 0.2) is 18.2 Å². The minimum absolute atomic E-state index is 0.0900. The van der Waals surface area contributed by atoms with E-state index in [-0.39, 0.29) is 24.7 Å². The Bertz CT molecular complexity index is 998. The van der Waals surface area contributed by atoms with Crippen LogP contribution in [0.2, 0.25) is 0 Å². The second-order valence-electron chi connectivity index (χ2n) is 6.08. The molecule has 0 saturated carbocycles. The number of methoxy groups -OCH3 is 4. The molecule has 2 aromatic rings. The zero-order valence-corrected chi connectivity index (χ0v) is 17.1. The number of benzene rings is 2. The van der Waals surface area contributed by atoms with Crippen molar-refractivity contribution in [1.29, 1.82) is 0 Å². The van der Waals surface area contributed by atoms with E-state index in [9.17, 15) is 8.42 Å². The summed E-state index contributed by atoms with van der Waals surface area (Å²) in [5, 5.41) is 0. The van der Waals surface area contributed by atoms with Crippen molar-refractivity contribution in [2.24, 2.45) is 0 Å². The summed E-state index contributed by atoms with van der Waals surface area (Å²) in [7, 11) is 2.25. The van der Waals surface area contributed by atoms with Crippen molar-refractivity contribution in [1.82, 2.24) is 0 Å². The molecule has 0 aromatic heterocycles. The van der Waals surface area contributed by atoms with Crippen molar-refractivity contribution < 1.29 is 36.3 Å². The Morgan fingerprint density at radius 3 is 2.11 bits per heavy atom. The van der Waals surface area contributed by atoms with Crippen LogP contribution in [0.25, 0.3) is 11.1 Å². The van der Waals surface area contributed by atoms with Crippen molar-refractivity contribution in [2.75, 3.05) is 34.7 Å². The zero-order chi connectivity index (χ0) is 20.5. The molecule has 0 unspecified atom stereocenters. The molecule has 28 heavy (non-hydrogen) atoms.